The van der Waals surface area contributed by atoms with Crippen molar-refractivity contribution >= 4 is 35.6 Å². The van der Waals surface area contributed by atoms with Crippen molar-refractivity contribution in [3.05, 3.63) is 0 Å². The first-order valence-electron chi connectivity index (χ1n) is 12.7. The Balaban J connectivity index is 5.49. The summed E-state index contributed by atoms with van der Waals surface area (Å²) >= 11 is 0. The van der Waals surface area contributed by atoms with Gasteiger partial charge in [-0.3, -0.25) is 24.2 Å². The van der Waals surface area contributed by atoms with E-state index in [4.69, 9.17) is 28.7 Å². The second kappa shape index (κ2) is 18.7. The summed E-state index contributed by atoms with van der Waals surface area (Å²) < 4.78 is 0. The van der Waals surface area contributed by atoms with E-state index in [1.54, 1.807) is 0 Å². The number of nitrogens with one attached hydrogen (secondary N) is 3. The zero-order valence-electron chi connectivity index (χ0n) is 22.3. The molecule has 0 aromatic rings. The number of carboxylic acids is 1. The summed E-state index contributed by atoms with van der Waals surface area (Å²) in [6, 6.07) is -4.42. The van der Waals surface area contributed by atoms with Crippen molar-refractivity contribution < 1.29 is 29.1 Å². The number of unbranched alkanes of at least 4 members (excludes halogenated alkanes) is 1. The summed E-state index contributed by atoms with van der Waals surface area (Å²) in [5.41, 5.74) is 27.1. The Morgan fingerprint density at radius 3 is 1.89 bits per heavy atom. The minimum atomic E-state index is -1.26. The van der Waals surface area contributed by atoms with E-state index in [0.717, 1.165) is 0 Å². The number of rotatable bonds is 20. The molecule has 38 heavy (non-hydrogen) atoms. The SMILES string of the molecule is CC(C)C[C@H](NC(=O)[C@H](CCC(N)=O)NC(=O)[C@@H](N)CCCCN)C(=O)N[C@@H](CCCN=C(N)N)C(=O)O. The van der Waals surface area contributed by atoms with Crippen molar-refractivity contribution in [2.45, 2.75) is 89.4 Å². The lowest BCUT2D eigenvalue weighted by Crippen LogP contribution is -2.57. The quantitative estimate of drug-likeness (QED) is 0.0436. The number of carbonyl (C=O) groups is 5. The third-order valence-electron chi connectivity index (χ3n) is 5.52. The third kappa shape index (κ3) is 15.6. The highest BCUT2D eigenvalue weighted by Gasteiger charge is 2.30. The second-order valence-corrected chi connectivity index (χ2v) is 9.50. The van der Waals surface area contributed by atoms with Crippen molar-refractivity contribution in [2.75, 3.05) is 13.1 Å². The van der Waals surface area contributed by atoms with Crippen LogP contribution < -0.4 is 44.6 Å². The molecule has 0 heterocycles. The van der Waals surface area contributed by atoms with E-state index >= 15 is 0 Å². The van der Waals surface area contributed by atoms with Crippen LogP contribution in [0.5, 0.6) is 0 Å². The first-order valence-corrected chi connectivity index (χ1v) is 12.7. The first-order chi connectivity index (χ1) is 17.8. The molecule has 4 amide bonds. The zero-order valence-corrected chi connectivity index (χ0v) is 22.3. The van der Waals surface area contributed by atoms with E-state index < -0.39 is 53.8 Å². The Kier molecular flexibility index (Phi) is 17.0. The molecule has 0 aromatic heterocycles. The lowest BCUT2D eigenvalue weighted by Gasteiger charge is -2.26. The van der Waals surface area contributed by atoms with Crippen LogP contribution in [0, 0.1) is 5.92 Å². The molecule has 0 aliphatic rings. The van der Waals surface area contributed by atoms with Crippen LogP contribution in [0.3, 0.4) is 0 Å². The van der Waals surface area contributed by atoms with E-state index in [-0.39, 0.29) is 44.1 Å². The lowest BCUT2D eigenvalue weighted by molar-refractivity contribution is -0.142. The van der Waals surface area contributed by atoms with Gasteiger partial charge in [0.1, 0.15) is 18.1 Å². The lowest BCUT2D eigenvalue weighted by atomic mass is 10.0. The number of hydrogen-bond acceptors (Lipinski definition) is 8. The predicted molar refractivity (Wildman–Crippen MR) is 142 cm³/mol. The van der Waals surface area contributed by atoms with Gasteiger partial charge in [0.05, 0.1) is 6.04 Å². The molecule has 0 aliphatic carbocycles. The molecule has 4 atom stereocenters. The van der Waals surface area contributed by atoms with Gasteiger partial charge >= 0.3 is 5.97 Å². The topological polar surface area (TPSA) is 284 Å². The number of hydrogen-bond donors (Lipinski definition) is 9. The van der Waals surface area contributed by atoms with E-state index in [2.05, 4.69) is 20.9 Å². The summed E-state index contributed by atoms with van der Waals surface area (Å²) in [6.45, 7) is 4.28. The Bertz CT molecular complexity index is 817. The summed E-state index contributed by atoms with van der Waals surface area (Å²) in [5, 5.41) is 17.1. The molecule has 0 rings (SSSR count). The fourth-order valence-corrected chi connectivity index (χ4v) is 3.48. The van der Waals surface area contributed by atoms with Gasteiger partial charge < -0.3 is 49.7 Å². The van der Waals surface area contributed by atoms with Gasteiger partial charge in [0.15, 0.2) is 5.96 Å². The number of primary amides is 1. The molecule has 0 saturated carbocycles. The number of aliphatic carboxylic acids is 1. The van der Waals surface area contributed by atoms with Gasteiger partial charge in [0.25, 0.3) is 0 Å². The molecule has 0 bridgehead atoms. The number of amides is 4. The van der Waals surface area contributed by atoms with Gasteiger partial charge in [0.2, 0.25) is 23.6 Å². The van der Waals surface area contributed by atoms with Crippen LogP contribution in [-0.4, -0.2) is 77.9 Å². The summed E-state index contributed by atoms with van der Waals surface area (Å²) in [4.78, 5) is 65.4. The minimum absolute atomic E-state index is 0.0502. The van der Waals surface area contributed by atoms with E-state index in [1.165, 1.54) is 0 Å². The monoisotopic (exact) mass is 543 g/mol. The maximum Gasteiger partial charge on any atom is 0.326 e. The van der Waals surface area contributed by atoms with Crippen molar-refractivity contribution in [2.24, 2.45) is 39.6 Å². The largest absolute Gasteiger partial charge is 0.480 e. The van der Waals surface area contributed by atoms with Gasteiger partial charge in [-0.1, -0.05) is 20.3 Å². The fourth-order valence-electron chi connectivity index (χ4n) is 3.48. The number of nitrogens with two attached hydrogens (primary N) is 5. The molecule has 15 nitrogen and oxygen atoms in total. The number of guanidine groups is 1. The fraction of sp³-hybridized carbons (Fsp3) is 0.739. The third-order valence-corrected chi connectivity index (χ3v) is 5.52. The average Bonchev–Trinajstić information content (AvgIpc) is 2.82. The van der Waals surface area contributed by atoms with Crippen LogP contribution in [0.2, 0.25) is 0 Å². The Morgan fingerprint density at radius 1 is 0.789 bits per heavy atom. The molecule has 0 aliphatic heterocycles. The maximum absolute atomic E-state index is 13.1. The first kappa shape index (κ1) is 34.5. The average molecular weight is 544 g/mol. The molecule has 0 radical (unpaired) electrons. The normalized spacial score (nSPS) is 14.0. The molecule has 0 unspecified atom stereocenters. The van der Waals surface area contributed by atoms with Crippen LogP contribution in [0.1, 0.15) is 65.2 Å². The van der Waals surface area contributed by atoms with Crippen molar-refractivity contribution in [1.82, 2.24) is 16.0 Å². The molecule has 14 N–H and O–H groups in total. The Labute approximate surface area is 223 Å². The Hall–Kier alpha value is -3.46. The van der Waals surface area contributed by atoms with E-state index in [1.807, 2.05) is 13.8 Å². The molecule has 0 saturated heterocycles. The molecule has 0 fully saturated rings. The molecule has 0 aromatic carbocycles. The molecule has 15 heteroatoms. The second-order valence-electron chi connectivity index (χ2n) is 9.50. The predicted octanol–water partition coefficient (Wildman–Crippen LogP) is -2.65. The number of nitrogens with zero attached hydrogens (tertiary/aromatic N) is 1. The van der Waals surface area contributed by atoms with Gasteiger partial charge in [-0.25, -0.2) is 4.79 Å². The highest BCUT2D eigenvalue weighted by molar-refractivity contribution is 5.94. The number of carbonyl (C=O) groups excluding carboxylic acids is 4. The van der Waals surface area contributed by atoms with Crippen LogP contribution >= 0.6 is 0 Å². The smallest absolute Gasteiger partial charge is 0.326 e. The molecular formula is C23H45N9O6. The van der Waals surface area contributed by atoms with Crippen LogP contribution in [0.4, 0.5) is 0 Å². The van der Waals surface area contributed by atoms with Crippen LogP contribution in [-0.2, 0) is 24.0 Å². The van der Waals surface area contributed by atoms with Crippen LogP contribution in [0.25, 0.3) is 0 Å². The van der Waals surface area contributed by atoms with Gasteiger partial charge in [-0.15, -0.1) is 0 Å². The molecule has 218 valence electrons. The van der Waals surface area contributed by atoms with E-state index in [0.29, 0.717) is 32.2 Å². The maximum atomic E-state index is 13.1. The zero-order chi connectivity index (χ0) is 29.3. The van der Waals surface area contributed by atoms with E-state index in [9.17, 15) is 29.1 Å². The van der Waals surface area contributed by atoms with Gasteiger partial charge in [0, 0.05) is 13.0 Å². The highest BCUT2D eigenvalue weighted by Crippen LogP contribution is 2.09. The van der Waals surface area contributed by atoms with Crippen molar-refractivity contribution in [1.29, 1.82) is 0 Å². The minimum Gasteiger partial charge on any atom is -0.480 e. The van der Waals surface area contributed by atoms with Crippen molar-refractivity contribution in [3.8, 4) is 0 Å². The van der Waals surface area contributed by atoms with Crippen molar-refractivity contribution in [3.63, 3.8) is 0 Å². The molecular weight excluding hydrogens is 498 g/mol. The van der Waals surface area contributed by atoms with Gasteiger partial charge in [-0.2, -0.15) is 0 Å². The Morgan fingerprint density at radius 2 is 1.37 bits per heavy atom. The summed E-state index contributed by atoms with van der Waals surface area (Å²) in [7, 11) is 0. The molecule has 0 spiro atoms. The van der Waals surface area contributed by atoms with Gasteiger partial charge in [-0.05, 0) is 51.0 Å². The number of carboxylic acid groups (broad SMARTS) is 1. The summed E-state index contributed by atoms with van der Waals surface area (Å²) in [6.07, 6.45) is 1.89. The highest BCUT2D eigenvalue weighted by atomic mass is 16.4. The summed E-state index contributed by atoms with van der Waals surface area (Å²) in [5.74, 6) is -4.14. The number of aliphatic imine (C=N–C) groups is 1. The van der Waals surface area contributed by atoms with Crippen LogP contribution in [0.15, 0.2) is 4.99 Å². The standard InChI is InChI=1S/C23H45N9O6/c1-13(2)12-17(21(36)31-16(22(37)38)7-5-11-29-23(27)28)32-20(35)15(8-9-18(26)33)30-19(34)14(25)6-3-4-10-24/h13-17H,3-12,24-25H2,1-2H3,(H2,26,33)(H,30,34)(H,31,36)(H,32,35)(H,37,38)(H4,27,28,29)/t14-,15-,16-,17-/m0/s1.